The van der Waals surface area contributed by atoms with Crippen LogP contribution in [0.15, 0.2) is 12.1 Å². The predicted molar refractivity (Wildman–Crippen MR) is 82.0 cm³/mol. The number of alkyl halides is 3. The summed E-state index contributed by atoms with van der Waals surface area (Å²) >= 11 is 1.86. The van der Waals surface area contributed by atoms with E-state index in [-0.39, 0.29) is 11.9 Å². The van der Waals surface area contributed by atoms with Gasteiger partial charge in [-0.05, 0) is 30.7 Å². The average molecular weight is 319 g/mol. The van der Waals surface area contributed by atoms with Crippen molar-refractivity contribution in [1.82, 2.24) is 4.98 Å². The van der Waals surface area contributed by atoms with E-state index in [4.69, 9.17) is 0 Å². The number of nitrogens with one attached hydrogen (secondary N) is 2. The Kier molecular flexibility index (Phi) is 5.24. The van der Waals surface area contributed by atoms with Gasteiger partial charge in [0.05, 0.1) is 5.56 Å². The van der Waals surface area contributed by atoms with Crippen molar-refractivity contribution in [1.29, 1.82) is 0 Å². The van der Waals surface area contributed by atoms with Crippen molar-refractivity contribution < 1.29 is 13.2 Å². The fourth-order valence-electron chi connectivity index (χ4n) is 2.59. The lowest BCUT2D eigenvalue weighted by Crippen LogP contribution is -2.27. The Balaban J connectivity index is 2.19. The van der Waals surface area contributed by atoms with E-state index in [1.807, 2.05) is 11.8 Å². The molecule has 0 spiro atoms. The summed E-state index contributed by atoms with van der Waals surface area (Å²) in [6, 6.07) is 2.31. The molecule has 1 heterocycles. The molecular formula is C14H20F3N3S. The first-order chi connectivity index (χ1) is 9.94. The van der Waals surface area contributed by atoms with Gasteiger partial charge in [0.15, 0.2) is 0 Å². The molecule has 0 aliphatic heterocycles. The first-order valence-electron chi connectivity index (χ1n) is 7.09. The number of hydrogen-bond acceptors (Lipinski definition) is 4. The summed E-state index contributed by atoms with van der Waals surface area (Å²) in [6.45, 7) is 2.10. The van der Waals surface area contributed by atoms with Gasteiger partial charge in [0.1, 0.15) is 11.6 Å². The zero-order valence-corrected chi connectivity index (χ0v) is 12.9. The van der Waals surface area contributed by atoms with Crippen LogP contribution >= 0.6 is 11.8 Å². The van der Waals surface area contributed by atoms with Crippen LogP contribution in [0.2, 0.25) is 0 Å². The lowest BCUT2D eigenvalue weighted by Gasteiger charge is -2.21. The van der Waals surface area contributed by atoms with Gasteiger partial charge in [-0.15, -0.1) is 0 Å². The summed E-state index contributed by atoms with van der Waals surface area (Å²) in [6.07, 6.45) is -1.18. The summed E-state index contributed by atoms with van der Waals surface area (Å²) in [7, 11) is 1.57. The Morgan fingerprint density at radius 2 is 2.00 bits per heavy atom. The van der Waals surface area contributed by atoms with E-state index < -0.39 is 11.7 Å². The van der Waals surface area contributed by atoms with E-state index in [1.165, 1.54) is 0 Å². The van der Waals surface area contributed by atoms with E-state index in [1.54, 1.807) is 7.05 Å². The molecule has 118 valence electrons. The molecule has 7 heteroatoms. The topological polar surface area (TPSA) is 37.0 Å². The Bertz CT molecular complexity index is 479. The second kappa shape index (κ2) is 6.77. The van der Waals surface area contributed by atoms with Crippen molar-refractivity contribution in [2.75, 3.05) is 23.4 Å². The average Bonchev–Trinajstić information content (AvgIpc) is 2.85. The maximum Gasteiger partial charge on any atom is 0.416 e. The molecule has 2 rings (SSSR count). The number of hydrogen-bond donors (Lipinski definition) is 2. The molecule has 1 aromatic rings. The lowest BCUT2D eigenvalue weighted by atomic mass is 10.2. The maximum absolute atomic E-state index is 12.9. The van der Waals surface area contributed by atoms with Gasteiger partial charge in [-0.25, -0.2) is 4.98 Å². The van der Waals surface area contributed by atoms with Crippen LogP contribution in [0.25, 0.3) is 0 Å². The monoisotopic (exact) mass is 319 g/mol. The molecule has 0 aromatic carbocycles. The number of anilines is 2. The van der Waals surface area contributed by atoms with Crippen LogP contribution < -0.4 is 10.6 Å². The standard InChI is InChI=1S/C14H20F3N3S/c1-3-21-11-6-4-5-10(11)19-13-8-9(14(15,16)17)7-12(18-2)20-13/h7-8,10-11H,3-6H2,1-2H3,(H2,18,19,20). The van der Waals surface area contributed by atoms with Gasteiger partial charge in [0.25, 0.3) is 0 Å². The highest BCUT2D eigenvalue weighted by molar-refractivity contribution is 7.99. The third kappa shape index (κ3) is 4.18. The fraction of sp³-hybridized carbons (Fsp3) is 0.643. The molecule has 2 atom stereocenters. The molecule has 0 saturated heterocycles. The Morgan fingerprint density at radius 1 is 1.29 bits per heavy atom. The third-order valence-electron chi connectivity index (χ3n) is 3.58. The van der Waals surface area contributed by atoms with Crippen molar-refractivity contribution in [3.8, 4) is 0 Å². The Labute approximate surface area is 127 Å². The van der Waals surface area contributed by atoms with E-state index >= 15 is 0 Å². The molecule has 0 radical (unpaired) electrons. The maximum atomic E-state index is 12.9. The van der Waals surface area contributed by atoms with E-state index in [0.717, 1.165) is 37.1 Å². The minimum absolute atomic E-state index is 0.190. The summed E-state index contributed by atoms with van der Waals surface area (Å²) < 4.78 is 38.7. The van der Waals surface area contributed by atoms with Gasteiger partial charge in [-0.2, -0.15) is 24.9 Å². The molecular weight excluding hydrogens is 299 g/mol. The van der Waals surface area contributed by atoms with Gasteiger partial charge in [-0.1, -0.05) is 13.3 Å². The van der Waals surface area contributed by atoms with Crippen molar-refractivity contribution in [3.05, 3.63) is 17.7 Å². The van der Waals surface area contributed by atoms with Crippen molar-refractivity contribution in [2.24, 2.45) is 0 Å². The highest BCUT2D eigenvalue weighted by Crippen LogP contribution is 2.35. The van der Waals surface area contributed by atoms with Crippen LogP contribution in [0, 0.1) is 0 Å². The summed E-state index contributed by atoms with van der Waals surface area (Å²) in [5.41, 5.74) is -0.679. The van der Waals surface area contributed by atoms with Gasteiger partial charge >= 0.3 is 6.18 Å². The molecule has 21 heavy (non-hydrogen) atoms. The molecule has 3 nitrogen and oxygen atoms in total. The number of pyridine rings is 1. The minimum atomic E-state index is -4.36. The first kappa shape index (κ1) is 16.3. The third-order valence-corrected chi connectivity index (χ3v) is 4.90. The highest BCUT2D eigenvalue weighted by atomic mass is 32.2. The Hall–Kier alpha value is -1.11. The molecule has 0 amide bonds. The summed E-state index contributed by atoms with van der Waals surface area (Å²) in [4.78, 5) is 4.19. The number of thioether (sulfide) groups is 1. The van der Waals surface area contributed by atoms with Crippen LogP contribution in [-0.2, 0) is 6.18 Å². The molecule has 0 bridgehead atoms. The van der Waals surface area contributed by atoms with Gasteiger partial charge < -0.3 is 10.6 Å². The molecule has 1 fully saturated rings. The van der Waals surface area contributed by atoms with Gasteiger partial charge in [0.2, 0.25) is 0 Å². The largest absolute Gasteiger partial charge is 0.416 e. The quantitative estimate of drug-likeness (QED) is 0.852. The SMILES string of the molecule is CCSC1CCCC1Nc1cc(C(F)(F)F)cc(NC)n1. The summed E-state index contributed by atoms with van der Waals surface area (Å²) in [5, 5.41) is 6.32. The summed E-state index contributed by atoms with van der Waals surface area (Å²) in [5.74, 6) is 1.54. The zero-order valence-electron chi connectivity index (χ0n) is 12.1. The number of nitrogens with zero attached hydrogens (tertiary/aromatic N) is 1. The van der Waals surface area contributed by atoms with Crippen molar-refractivity contribution >= 4 is 23.4 Å². The number of halogens is 3. The van der Waals surface area contributed by atoms with E-state index in [2.05, 4.69) is 22.5 Å². The lowest BCUT2D eigenvalue weighted by molar-refractivity contribution is -0.137. The van der Waals surface area contributed by atoms with Crippen LogP contribution in [0.4, 0.5) is 24.8 Å². The molecule has 2 unspecified atom stereocenters. The minimum Gasteiger partial charge on any atom is -0.373 e. The normalized spacial score (nSPS) is 22.3. The van der Waals surface area contributed by atoms with Crippen LogP contribution in [-0.4, -0.2) is 29.1 Å². The Morgan fingerprint density at radius 3 is 2.62 bits per heavy atom. The zero-order chi connectivity index (χ0) is 15.5. The fourth-order valence-corrected chi connectivity index (χ4v) is 3.79. The van der Waals surface area contributed by atoms with E-state index in [9.17, 15) is 13.2 Å². The molecule has 1 aliphatic carbocycles. The molecule has 1 aliphatic rings. The second-order valence-electron chi connectivity index (χ2n) is 5.05. The van der Waals surface area contributed by atoms with Gasteiger partial charge in [-0.3, -0.25) is 0 Å². The second-order valence-corrected chi connectivity index (χ2v) is 6.57. The highest BCUT2D eigenvalue weighted by Gasteiger charge is 2.33. The predicted octanol–water partition coefficient (Wildman–Crippen LogP) is 4.23. The molecule has 2 N–H and O–H groups in total. The van der Waals surface area contributed by atoms with Crippen LogP contribution in [0.3, 0.4) is 0 Å². The van der Waals surface area contributed by atoms with Gasteiger partial charge in [0, 0.05) is 18.3 Å². The first-order valence-corrected chi connectivity index (χ1v) is 8.14. The van der Waals surface area contributed by atoms with E-state index in [0.29, 0.717) is 11.1 Å². The molecule has 1 aromatic heterocycles. The van der Waals surface area contributed by atoms with Crippen LogP contribution in [0.1, 0.15) is 31.7 Å². The molecule has 1 saturated carbocycles. The van der Waals surface area contributed by atoms with Crippen LogP contribution in [0.5, 0.6) is 0 Å². The number of rotatable bonds is 5. The number of aromatic nitrogens is 1. The van der Waals surface area contributed by atoms with Crippen molar-refractivity contribution in [2.45, 2.75) is 43.7 Å². The van der Waals surface area contributed by atoms with Crippen molar-refractivity contribution in [3.63, 3.8) is 0 Å². The smallest absolute Gasteiger partial charge is 0.373 e.